The molecule has 0 aliphatic carbocycles. The van der Waals surface area contributed by atoms with Crippen LogP contribution < -0.4 is 10.6 Å². The van der Waals surface area contributed by atoms with Crippen LogP contribution in [0.15, 0.2) is 49.1 Å². The number of aromatic nitrogens is 1. The van der Waals surface area contributed by atoms with E-state index >= 15 is 0 Å². The predicted molar refractivity (Wildman–Crippen MR) is 124 cm³/mol. The number of hydrogen-bond donors (Lipinski definition) is 2. The van der Waals surface area contributed by atoms with E-state index in [-0.39, 0.29) is 11.7 Å². The second-order valence-electron chi connectivity index (χ2n) is 8.05. The first-order valence-corrected chi connectivity index (χ1v) is 10.7. The van der Waals surface area contributed by atoms with Crippen molar-refractivity contribution in [2.24, 2.45) is 0 Å². The van der Waals surface area contributed by atoms with Crippen LogP contribution >= 0.6 is 0 Å². The van der Waals surface area contributed by atoms with Crippen molar-refractivity contribution in [1.82, 2.24) is 14.8 Å². The van der Waals surface area contributed by atoms with Gasteiger partial charge in [0.1, 0.15) is 5.82 Å². The Hall–Kier alpha value is -3.12. The van der Waals surface area contributed by atoms with Crippen LogP contribution in [0.5, 0.6) is 0 Å². The van der Waals surface area contributed by atoms with Crippen LogP contribution in [0.25, 0.3) is 10.9 Å². The minimum absolute atomic E-state index is 0.0572. The van der Waals surface area contributed by atoms with Gasteiger partial charge < -0.3 is 20.1 Å². The van der Waals surface area contributed by atoms with Gasteiger partial charge in [-0.05, 0) is 49.2 Å². The summed E-state index contributed by atoms with van der Waals surface area (Å²) in [4.78, 5) is 15.1. The number of aryl methyl sites for hydroxylation is 1. The molecule has 3 aromatic rings. The summed E-state index contributed by atoms with van der Waals surface area (Å²) in [5.41, 5.74) is 5.95. The first-order valence-electron chi connectivity index (χ1n) is 10.7. The van der Waals surface area contributed by atoms with Gasteiger partial charge in [0, 0.05) is 55.9 Å². The number of fused-ring (bicyclic) bond motifs is 1. The van der Waals surface area contributed by atoms with Crippen LogP contribution in [0.2, 0.25) is 0 Å². The van der Waals surface area contributed by atoms with E-state index in [1.165, 1.54) is 12.1 Å². The summed E-state index contributed by atoms with van der Waals surface area (Å²) in [5, 5.41) is 7.86. The summed E-state index contributed by atoms with van der Waals surface area (Å²) < 4.78 is 15.5. The zero-order valence-electron chi connectivity index (χ0n) is 18.2. The van der Waals surface area contributed by atoms with Crippen molar-refractivity contribution >= 4 is 22.5 Å². The number of carbonyl (C=O) groups excluding carboxylic acids is 1. The molecule has 0 spiro atoms. The Balaban J connectivity index is 1.77. The maximum Gasteiger partial charge on any atom is 0.254 e. The van der Waals surface area contributed by atoms with E-state index < -0.39 is 0 Å². The number of hydrogen-bond acceptors (Lipinski definition) is 3. The van der Waals surface area contributed by atoms with E-state index in [9.17, 15) is 9.18 Å². The summed E-state index contributed by atoms with van der Waals surface area (Å²) in [6.45, 7) is 12.4. The third kappa shape index (κ3) is 4.21. The monoisotopic (exact) mass is 420 g/mol. The normalized spacial score (nSPS) is 14.1. The Morgan fingerprint density at radius 2 is 1.90 bits per heavy atom. The second-order valence-corrected chi connectivity index (χ2v) is 8.05. The molecule has 2 N–H and O–H groups in total. The number of nitrogens with zero attached hydrogens (tertiary/aromatic N) is 2. The van der Waals surface area contributed by atoms with Crippen molar-refractivity contribution in [3.05, 3.63) is 77.3 Å². The van der Waals surface area contributed by atoms with E-state index in [1.807, 2.05) is 23.1 Å². The van der Waals surface area contributed by atoms with Crippen LogP contribution in [0.1, 0.15) is 27.2 Å². The van der Waals surface area contributed by atoms with E-state index in [0.717, 1.165) is 46.5 Å². The number of allylic oxidation sites excluding steroid dienone is 1. The Kier molecular flexibility index (Phi) is 6.09. The number of nitrogens with one attached hydrogen (secondary N) is 2. The number of rotatable bonds is 6. The first kappa shape index (κ1) is 21.1. The van der Waals surface area contributed by atoms with Crippen LogP contribution in [0, 0.1) is 19.7 Å². The van der Waals surface area contributed by atoms with Crippen molar-refractivity contribution in [3.63, 3.8) is 0 Å². The topological polar surface area (TPSA) is 49.3 Å². The van der Waals surface area contributed by atoms with Crippen LogP contribution in [0.3, 0.4) is 0 Å². The van der Waals surface area contributed by atoms with Crippen LogP contribution in [0.4, 0.5) is 10.1 Å². The quantitative estimate of drug-likeness (QED) is 0.587. The van der Waals surface area contributed by atoms with Gasteiger partial charge in [0.15, 0.2) is 0 Å². The van der Waals surface area contributed by atoms with Gasteiger partial charge >= 0.3 is 0 Å². The largest absolute Gasteiger partial charge is 0.379 e. The van der Waals surface area contributed by atoms with E-state index in [1.54, 1.807) is 12.1 Å². The van der Waals surface area contributed by atoms with Gasteiger partial charge in [-0.15, -0.1) is 6.58 Å². The fourth-order valence-electron chi connectivity index (χ4n) is 4.24. The average Bonchev–Trinajstić information content (AvgIpc) is 3.04. The molecule has 1 fully saturated rings. The number of amides is 1. The molecule has 1 amide bonds. The lowest BCUT2D eigenvalue weighted by atomic mass is 10.1. The van der Waals surface area contributed by atoms with Crippen molar-refractivity contribution in [3.8, 4) is 0 Å². The summed E-state index contributed by atoms with van der Waals surface area (Å²) in [5.74, 6) is -0.192. The number of benzene rings is 2. The molecule has 4 rings (SSSR count). The second kappa shape index (κ2) is 8.94. The Bertz CT molecular complexity index is 1110. The SMILES string of the molecule is C=CCn1c(C)c(C)c2cc(C(=O)N3CCNCC3)cc(NCc3ccc(F)cc3)c21. The number of piperazine rings is 1. The molecular weight excluding hydrogens is 391 g/mol. The fourth-order valence-corrected chi connectivity index (χ4v) is 4.24. The lowest BCUT2D eigenvalue weighted by molar-refractivity contribution is 0.0736. The molecule has 162 valence electrons. The zero-order chi connectivity index (χ0) is 22.0. The third-order valence-corrected chi connectivity index (χ3v) is 6.09. The highest BCUT2D eigenvalue weighted by Crippen LogP contribution is 2.33. The average molecular weight is 421 g/mol. The molecule has 1 aliphatic heterocycles. The predicted octanol–water partition coefficient (Wildman–Crippen LogP) is 4.24. The summed E-state index contributed by atoms with van der Waals surface area (Å²) in [7, 11) is 0. The van der Waals surface area contributed by atoms with Gasteiger partial charge in [-0.3, -0.25) is 4.79 Å². The molecule has 1 aromatic heterocycles. The molecule has 1 saturated heterocycles. The molecule has 6 heteroatoms. The van der Waals surface area contributed by atoms with E-state index in [2.05, 4.69) is 35.6 Å². The highest BCUT2D eigenvalue weighted by atomic mass is 19.1. The molecule has 0 saturated carbocycles. The highest BCUT2D eigenvalue weighted by molar-refractivity contribution is 6.04. The smallest absolute Gasteiger partial charge is 0.254 e. The summed E-state index contributed by atoms with van der Waals surface area (Å²) in [6.07, 6.45) is 1.88. The van der Waals surface area contributed by atoms with E-state index in [0.29, 0.717) is 31.7 Å². The Morgan fingerprint density at radius 1 is 1.19 bits per heavy atom. The molecule has 0 atom stereocenters. The number of anilines is 1. The van der Waals surface area contributed by atoms with Gasteiger partial charge in [-0.25, -0.2) is 4.39 Å². The maximum atomic E-state index is 13.3. The molecule has 0 unspecified atom stereocenters. The fraction of sp³-hybridized carbons (Fsp3) is 0.320. The minimum Gasteiger partial charge on any atom is -0.379 e. The van der Waals surface area contributed by atoms with Crippen molar-refractivity contribution in [2.75, 3.05) is 31.5 Å². The van der Waals surface area contributed by atoms with Crippen molar-refractivity contribution in [1.29, 1.82) is 0 Å². The van der Waals surface area contributed by atoms with E-state index in [4.69, 9.17) is 0 Å². The molecule has 2 aromatic carbocycles. The number of halogens is 1. The molecule has 0 bridgehead atoms. The molecular formula is C25H29FN4O. The third-order valence-electron chi connectivity index (χ3n) is 6.09. The van der Waals surface area contributed by atoms with Crippen molar-refractivity contribution < 1.29 is 9.18 Å². The Labute approximate surface area is 182 Å². The highest BCUT2D eigenvalue weighted by Gasteiger charge is 2.22. The van der Waals surface area contributed by atoms with Gasteiger partial charge in [0.2, 0.25) is 0 Å². The van der Waals surface area contributed by atoms with Crippen molar-refractivity contribution in [2.45, 2.75) is 26.9 Å². The van der Waals surface area contributed by atoms with Gasteiger partial charge in [0.25, 0.3) is 5.91 Å². The van der Waals surface area contributed by atoms with Gasteiger partial charge in [-0.2, -0.15) is 0 Å². The molecule has 31 heavy (non-hydrogen) atoms. The minimum atomic E-state index is -0.249. The molecule has 0 radical (unpaired) electrons. The lowest BCUT2D eigenvalue weighted by Crippen LogP contribution is -2.46. The van der Waals surface area contributed by atoms with Gasteiger partial charge in [-0.1, -0.05) is 18.2 Å². The maximum absolute atomic E-state index is 13.3. The summed E-state index contributed by atoms with van der Waals surface area (Å²) >= 11 is 0. The zero-order valence-corrected chi connectivity index (χ0v) is 18.2. The molecule has 5 nitrogen and oxygen atoms in total. The van der Waals surface area contributed by atoms with Crippen LogP contribution in [-0.4, -0.2) is 41.6 Å². The summed E-state index contributed by atoms with van der Waals surface area (Å²) in [6, 6.07) is 10.4. The first-order chi connectivity index (χ1) is 15.0. The molecule has 2 heterocycles. The number of carbonyl (C=O) groups is 1. The standard InChI is InChI=1S/C25H29FN4O/c1-4-11-30-18(3)17(2)22-14-20(25(31)29-12-9-27-10-13-29)15-23(24(22)30)28-16-19-5-7-21(26)8-6-19/h4-8,14-15,27-28H,1,9-13,16H2,2-3H3. The van der Waals surface area contributed by atoms with Crippen LogP contribution in [-0.2, 0) is 13.1 Å². The lowest BCUT2D eigenvalue weighted by Gasteiger charge is -2.27. The molecule has 1 aliphatic rings. The van der Waals surface area contributed by atoms with Gasteiger partial charge in [0.05, 0.1) is 11.2 Å². The Morgan fingerprint density at radius 3 is 2.58 bits per heavy atom.